The summed E-state index contributed by atoms with van der Waals surface area (Å²) in [5, 5.41) is 9.80. The molecule has 0 unspecified atom stereocenters. The van der Waals surface area contributed by atoms with E-state index in [4.69, 9.17) is 9.68 Å². The monoisotopic (exact) mass is 243 g/mol. The van der Waals surface area contributed by atoms with Crippen LogP contribution in [0.4, 0.5) is 0 Å². The van der Waals surface area contributed by atoms with Crippen LogP contribution in [0.15, 0.2) is 28.9 Å². The summed E-state index contributed by atoms with van der Waals surface area (Å²) in [6, 6.07) is 7.58. The van der Waals surface area contributed by atoms with E-state index in [2.05, 4.69) is 13.0 Å². The van der Waals surface area contributed by atoms with Gasteiger partial charge in [0.1, 0.15) is 5.58 Å². The zero-order valence-electron chi connectivity index (χ0n) is 8.12. The smallest absolute Gasteiger partial charge is 0.134 e. The topological polar surface area (TPSA) is 36.9 Å². The second-order valence-corrected chi connectivity index (χ2v) is 3.19. The van der Waals surface area contributed by atoms with Gasteiger partial charge in [-0.1, -0.05) is 6.42 Å². The van der Waals surface area contributed by atoms with Crippen LogP contribution in [0, 0.1) is 18.3 Å². The first-order valence-corrected chi connectivity index (χ1v) is 4.54. The molecule has 0 atom stereocenters. The van der Waals surface area contributed by atoms with Gasteiger partial charge in [0.2, 0.25) is 0 Å². The molecule has 2 aromatic rings. The molecule has 0 saturated carbocycles. The second-order valence-electron chi connectivity index (χ2n) is 3.19. The van der Waals surface area contributed by atoms with Gasteiger partial charge >= 0.3 is 0 Å². The minimum atomic E-state index is 0. The van der Waals surface area contributed by atoms with Gasteiger partial charge in [0, 0.05) is 22.2 Å². The average molecular weight is 243 g/mol. The van der Waals surface area contributed by atoms with Crippen LogP contribution in [0.3, 0.4) is 0 Å². The van der Waals surface area contributed by atoms with Gasteiger partial charge in [0.15, 0.2) is 0 Å². The predicted octanol–water partition coefficient (Wildman–Crippen LogP) is 3.07. The van der Waals surface area contributed by atoms with Gasteiger partial charge in [-0.15, -0.1) is 0 Å². The molecule has 0 saturated heterocycles. The van der Waals surface area contributed by atoms with Crippen molar-refractivity contribution in [1.82, 2.24) is 0 Å². The van der Waals surface area contributed by atoms with Crippen LogP contribution in [0.2, 0.25) is 0 Å². The fourth-order valence-corrected chi connectivity index (χ4v) is 1.54. The third-order valence-corrected chi connectivity index (χ3v) is 2.23. The van der Waals surface area contributed by atoms with Crippen molar-refractivity contribution in [1.29, 1.82) is 5.26 Å². The summed E-state index contributed by atoms with van der Waals surface area (Å²) in [5.74, 6) is 0. The van der Waals surface area contributed by atoms with E-state index >= 15 is 0 Å². The van der Waals surface area contributed by atoms with Crippen molar-refractivity contribution in [3.8, 4) is 6.07 Å². The maximum absolute atomic E-state index is 8.76. The van der Waals surface area contributed by atoms with Gasteiger partial charge in [-0.25, -0.2) is 0 Å². The molecule has 0 aliphatic carbocycles. The Morgan fingerprint density at radius 3 is 2.87 bits per heavy atom. The molecule has 1 aromatic carbocycles. The van der Waals surface area contributed by atoms with Crippen molar-refractivity contribution in [2.24, 2.45) is 0 Å². The number of fused-ring (bicyclic) bond motifs is 1. The summed E-state index contributed by atoms with van der Waals surface area (Å²) in [7, 11) is 0. The molecule has 0 bridgehead atoms. The fourth-order valence-electron chi connectivity index (χ4n) is 1.54. The SMILES string of the molecule is [CH2-]CCc1coc2ccc(C#N)cc12.[Co]. The van der Waals surface area contributed by atoms with E-state index in [1.165, 1.54) is 0 Å². The molecule has 0 N–H and O–H groups in total. The molecule has 0 aliphatic rings. The zero-order valence-corrected chi connectivity index (χ0v) is 9.16. The Hall–Kier alpha value is -1.24. The van der Waals surface area contributed by atoms with E-state index in [1.54, 1.807) is 12.3 Å². The maximum Gasteiger partial charge on any atom is 0.134 e. The number of hydrogen-bond acceptors (Lipinski definition) is 2. The first kappa shape index (κ1) is 11.8. The molecule has 2 nitrogen and oxygen atoms in total. The van der Waals surface area contributed by atoms with E-state index in [1.807, 2.05) is 12.1 Å². The standard InChI is InChI=1S/C12H10NO.Co/c1-2-3-10-8-14-12-5-4-9(7-13)6-11(10)12;/h4-6,8H,1-3H2;/q-1;. The molecule has 0 amide bonds. The van der Waals surface area contributed by atoms with Gasteiger partial charge in [-0.2, -0.15) is 11.7 Å². The Kier molecular flexibility index (Phi) is 3.95. The molecule has 1 heterocycles. The van der Waals surface area contributed by atoms with Gasteiger partial charge in [-0.3, -0.25) is 0 Å². The van der Waals surface area contributed by atoms with Crippen LogP contribution in [-0.4, -0.2) is 0 Å². The first-order chi connectivity index (χ1) is 6.85. The summed E-state index contributed by atoms with van der Waals surface area (Å²) in [6.07, 6.45) is 3.48. The molecule has 1 aromatic heterocycles. The fraction of sp³-hybridized carbons (Fsp3) is 0.167. The number of aryl methyl sites for hydroxylation is 1. The molecular weight excluding hydrogens is 233 g/mol. The Morgan fingerprint density at radius 2 is 2.20 bits per heavy atom. The maximum atomic E-state index is 8.76. The number of furan rings is 1. The number of benzene rings is 1. The van der Waals surface area contributed by atoms with Crippen molar-refractivity contribution in [3.05, 3.63) is 42.5 Å². The molecule has 0 spiro atoms. The van der Waals surface area contributed by atoms with Crippen molar-refractivity contribution in [3.63, 3.8) is 0 Å². The van der Waals surface area contributed by atoms with Crippen LogP contribution >= 0.6 is 0 Å². The van der Waals surface area contributed by atoms with E-state index in [0.717, 1.165) is 29.4 Å². The molecule has 15 heavy (non-hydrogen) atoms. The molecule has 1 radical (unpaired) electrons. The summed E-state index contributed by atoms with van der Waals surface area (Å²) in [4.78, 5) is 0. The quantitative estimate of drug-likeness (QED) is 0.760. The van der Waals surface area contributed by atoms with Crippen LogP contribution in [-0.2, 0) is 23.2 Å². The average Bonchev–Trinajstić information content (AvgIpc) is 2.61. The normalized spacial score (nSPS) is 9.60. The first-order valence-electron chi connectivity index (χ1n) is 4.54. The minimum absolute atomic E-state index is 0. The molecule has 3 heteroatoms. The third-order valence-electron chi connectivity index (χ3n) is 2.23. The molecule has 2 rings (SSSR count). The van der Waals surface area contributed by atoms with Crippen molar-refractivity contribution >= 4 is 11.0 Å². The molecule has 0 fully saturated rings. The Labute approximate surface area is 99.1 Å². The van der Waals surface area contributed by atoms with Crippen molar-refractivity contribution in [2.75, 3.05) is 0 Å². The summed E-state index contributed by atoms with van der Waals surface area (Å²) < 4.78 is 5.36. The minimum Gasteiger partial charge on any atom is -0.464 e. The van der Waals surface area contributed by atoms with Crippen LogP contribution in [0.25, 0.3) is 11.0 Å². The van der Waals surface area contributed by atoms with Crippen LogP contribution < -0.4 is 0 Å². The van der Waals surface area contributed by atoms with E-state index < -0.39 is 0 Å². The second kappa shape index (κ2) is 5.01. The van der Waals surface area contributed by atoms with Gasteiger partial charge in [0.05, 0.1) is 17.9 Å². The summed E-state index contributed by atoms with van der Waals surface area (Å²) in [6.45, 7) is 3.80. The number of nitrogens with zero attached hydrogens (tertiary/aromatic N) is 1. The van der Waals surface area contributed by atoms with E-state index in [9.17, 15) is 0 Å². The van der Waals surface area contributed by atoms with Gasteiger partial charge in [-0.05, 0) is 23.8 Å². The zero-order chi connectivity index (χ0) is 9.97. The van der Waals surface area contributed by atoms with Crippen LogP contribution in [0.1, 0.15) is 17.5 Å². The largest absolute Gasteiger partial charge is 0.464 e. The molecular formula is C12H10CoNO-. The molecule has 79 valence electrons. The Morgan fingerprint density at radius 1 is 1.40 bits per heavy atom. The summed E-state index contributed by atoms with van der Waals surface area (Å²) in [5.41, 5.74) is 2.64. The van der Waals surface area contributed by atoms with Gasteiger partial charge < -0.3 is 11.3 Å². The molecule has 0 aliphatic heterocycles. The van der Waals surface area contributed by atoms with E-state index in [0.29, 0.717) is 5.56 Å². The van der Waals surface area contributed by atoms with Crippen molar-refractivity contribution in [2.45, 2.75) is 12.8 Å². The Balaban J connectivity index is 0.00000112. The number of nitriles is 1. The van der Waals surface area contributed by atoms with Crippen LogP contribution in [0.5, 0.6) is 0 Å². The summed E-state index contributed by atoms with van der Waals surface area (Å²) >= 11 is 0. The third kappa shape index (κ3) is 2.22. The van der Waals surface area contributed by atoms with E-state index in [-0.39, 0.29) is 16.8 Å². The van der Waals surface area contributed by atoms with Crippen molar-refractivity contribution < 1.29 is 21.2 Å². The number of hydrogen-bond donors (Lipinski definition) is 0. The van der Waals surface area contributed by atoms with Gasteiger partial charge in [0.25, 0.3) is 0 Å². The number of rotatable bonds is 2. The Bertz CT molecular complexity index is 496. The predicted molar refractivity (Wildman–Crippen MR) is 54.6 cm³/mol.